The van der Waals surface area contributed by atoms with E-state index in [4.69, 9.17) is 4.74 Å². The molecule has 7 heteroatoms. The van der Waals surface area contributed by atoms with E-state index in [0.717, 1.165) is 5.56 Å². The van der Waals surface area contributed by atoms with E-state index in [-0.39, 0.29) is 18.2 Å². The molecule has 6 nitrogen and oxygen atoms in total. The van der Waals surface area contributed by atoms with Crippen molar-refractivity contribution in [2.75, 3.05) is 17.7 Å². The zero-order chi connectivity index (χ0) is 18.4. The molecule has 3 aromatic rings. The molecule has 0 aliphatic heterocycles. The van der Waals surface area contributed by atoms with E-state index in [2.05, 4.69) is 15.6 Å². The van der Waals surface area contributed by atoms with E-state index < -0.39 is 0 Å². The average Bonchev–Trinajstić information content (AvgIpc) is 3.15. The Morgan fingerprint density at radius 3 is 2.62 bits per heavy atom. The molecule has 26 heavy (non-hydrogen) atoms. The van der Waals surface area contributed by atoms with Crippen molar-refractivity contribution in [2.24, 2.45) is 0 Å². The molecular formula is C19H17N3O3S. The predicted octanol–water partition coefficient (Wildman–Crippen LogP) is 3.59. The molecule has 2 N–H and O–H groups in total. The summed E-state index contributed by atoms with van der Waals surface area (Å²) >= 11 is 1.34. The summed E-state index contributed by atoms with van der Waals surface area (Å²) in [5, 5.41) is 7.83. The highest BCUT2D eigenvalue weighted by molar-refractivity contribution is 7.13. The van der Waals surface area contributed by atoms with Crippen molar-refractivity contribution in [3.05, 3.63) is 71.2 Å². The second kappa shape index (κ2) is 8.26. The summed E-state index contributed by atoms with van der Waals surface area (Å²) < 4.78 is 5.31. The van der Waals surface area contributed by atoms with Crippen LogP contribution in [0.4, 0.5) is 10.8 Å². The predicted molar refractivity (Wildman–Crippen MR) is 102 cm³/mol. The van der Waals surface area contributed by atoms with Gasteiger partial charge in [-0.05, 0) is 23.8 Å². The molecule has 1 aromatic heterocycles. The van der Waals surface area contributed by atoms with Gasteiger partial charge in [0, 0.05) is 17.1 Å². The van der Waals surface area contributed by atoms with Crippen LogP contribution in [0.5, 0.6) is 5.75 Å². The van der Waals surface area contributed by atoms with E-state index in [1.807, 2.05) is 30.3 Å². The van der Waals surface area contributed by atoms with Gasteiger partial charge in [-0.15, -0.1) is 11.3 Å². The van der Waals surface area contributed by atoms with Crippen molar-refractivity contribution in [2.45, 2.75) is 6.42 Å². The van der Waals surface area contributed by atoms with Crippen LogP contribution in [0.1, 0.15) is 15.9 Å². The maximum atomic E-state index is 12.3. The molecule has 2 amide bonds. The van der Waals surface area contributed by atoms with E-state index in [0.29, 0.717) is 22.1 Å². The van der Waals surface area contributed by atoms with E-state index in [1.165, 1.54) is 18.4 Å². The van der Waals surface area contributed by atoms with Crippen molar-refractivity contribution < 1.29 is 14.3 Å². The third kappa shape index (κ3) is 4.46. The van der Waals surface area contributed by atoms with Gasteiger partial charge in [-0.2, -0.15) is 0 Å². The molecule has 0 saturated carbocycles. The van der Waals surface area contributed by atoms with Gasteiger partial charge in [0.2, 0.25) is 5.91 Å². The first kappa shape index (κ1) is 17.6. The molecule has 0 fully saturated rings. The first-order valence-corrected chi connectivity index (χ1v) is 8.76. The highest BCUT2D eigenvalue weighted by atomic mass is 32.1. The third-order valence-electron chi connectivity index (χ3n) is 3.60. The maximum Gasteiger partial charge on any atom is 0.257 e. The summed E-state index contributed by atoms with van der Waals surface area (Å²) in [6, 6.07) is 14.3. The van der Waals surface area contributed by atoms with Gasteiger partial charge in [-0.1, -0.05) is 30.3 Å². The Balaban J connectivity index is 1.70. The number of carbonyl (C=O) groups is 2. The molecule has 0 radical (unpaired) electrons. The largest absolute Gasteiger partial charge is 0.495 e. The van der Waals surface area contributed by atoms with Crippen LogP contribution >= 0.6 is 11.3 Å². The van der Waals surface area contributed by atoms with E-state index in [1.54, 1.807) is 29.8 Å². The summed E-state index contributed by atoms with van der Waals surface area (Å²) in [7, 11) is 1.49. The van der Waals surface area contributed by atoms with Crippen molar-refractivity contribution in [3.63, 3.8) is 0 Å². The topological polar surface area (TPSA) is 80.3 Å². The molecule has 1 heterocycles. The molecule has 2 aromatic carbocycles. The SMILES string of the molecule is COc1cc(C(=O)Nc2nccs2)ccc1NC(=O)Cc1ccccc1. The minimum Gasteiger partial charge on any atom is -0.495 e. The third-order valence-corrected chi connectivity index (χ3v) is 4.29. The second-order valence-electron chi connectivity index (χ2n) is 5.42. The van der Waals surface area contributed by atoms with Gasteiger partial charge in [0.05, 0.1) is 19.2 Å². The summed E-state index contributed by atoms with van der Waals surface area (Å²) in [6.45, 7) is 0. The summed E-state index contributed by atoms with van der Waals surface area (Å²) in [4.78, 5) is 28.5. The van der Waals surface area contributed by atoms with E-state index >= 15 is 0 Å². The standard InChI is InChI=1S/C19H17N3O3S/c1-25-16-12-14(18(24)22-19-20-9-10-26-19)7-8-15(16)21-17(23)11-13-5-3-2-4-6-13/h2-10,12H,11H2,1H3,(H,21,23)(H,20,22,24). The number of nitrogens with zero attached hydrogens (tertiary/aromatic N) is 1. The fourth-order valence-electron chi connectivity index (χ4n) is 2.37. The molecule has 0 spiro atoms. The Kier molecular flexibility index (Phi) is 5.60. The first-order chi connectivity index (χ1) is 12.7. The molecule has 0 atom stereocenters. The van der Waals surface area contributed by atoms with Crippen LogP contribution in [0.3, 0.4) is 0 Å². The fourth-order valence-corrected chi connectivity index (χ4v) is 2.89. The van der Waals surface area contributed by atoms with Crippen LogP contribution in [0, 0.1) is 0 Å². The highest BCUT2D eigenvalue weighted by Crippen LogP contribution is 2.26. The lowest BCUT2D eigenvalue weighted by Crippen LogP contribution is -2.16. The smallest absolute Gasteiger partial charge is 0.257 e. The Labute approximate surface area is 154 Å². The number of rotatable bonds is 6. The van der Waals surface area contributed by atoms with Gasteiger partial charge in [-0.3, -0.25) is 14.9 Å². The molecule has 0 aliphatic carbocycles. The van der Waals surface area contributed by atoms with Crippen LogP contribution in [0.25, 0.3) is 0 Å². The van der Waals surface area contributed by atoms with Gasteiger partial charge in [0.1, 0.15) is 5.75 Å². The lowest BCUT2D eigenvalue weighted by molar-refractivity contribution is -0.115. The van der Waals surface area contributed by atoms with Crippen molar-refractivity contribution in [1.29, 1.82) is 0 Å². The Morgan fingerprint density at radius 2 is 1.92 bits per heavy atom. The Bertz CT molecular complexity index is 896. The van der Waals surface area contributed by atoms with Crippen LogP contribution in [0.2, 0.25) is 0 Å². The van der Waals surface area contributed by atoms with Gasteiger partial charge >= 0.3 is 0 Å². The number of benzene rings is 2. The van der Waals surface area contributed by atoms with Crippen LogP contribution < -0.4 is 15.4 Å². The number of hydrogen-bond donors (Lipinski definition) is 2. The van der Waals surface area contributed by atoms with Crippen LogP contribution in [-0.4, -0.2) is 23.9 Å². The normalized spacial score (nSPS) is 10.2. The number of amides is 2. The second-order valence-corrected chi connectivity index (χ2v) is 6.31. The van der Waals surface area contributed by atoms with Crippen molar-refractivity contribution in [3.8, 4) is 5.75 Å². The molecule has 0 saturated heterocycles. The zero-order valence-electron chi connectivity index (χ0n) is 14.1. The summed E-state index contributed by atoms with van der Waals surface area (Å²) in [6.07, 6.45) is 1.88. The first-order valence-electron chi connectivity index (χ1n) is 7.88. The minimum absolute atomic E-state index is 0.158. The number of nitrogens with one attached hydrogen (secondary N) is 2. The number of methoxy groups -OCH3 is 1. The Morgan fingerprint density at radius 1 is 1.12 bits per heavy atom. The lowest BCUT2D eigenvalue weighted by atomic mass is 10.1. The number of aromatic nitrogens is 1. The van der Waals surface area contributed by atoms with Crippen LogP contribution in [-0.2, 0) is 11.2 Å². The molecule has 3 rings (SSSR count). The zero-order valence-corrected chi connectivity index (χ0v) is 14.9. The van der Waals surface area contributed by atoms with Crippen molar-refractivity contribution >= 4 is 34.0 Å². The highest BCUT2D eigenvalue weighted by Gasteiger charge is 2.13. The van der Waals surface area contributed by atoms with Crippen LogP contribution in [0.15, 0.2) is 60.1 Å². The average molecular weight is 367 g/mol. The molecule has 0 aliphatic rings. The molecular weight excluding hydrogens is 350 g/mol. The van der Waals surface area contributed by atoms with E-state index in [9.17, 15) is 9.59 Å². The van der Waals surface area contributed by atoms with Gasteiger partial charge in [0.15, 0.2) is 5.13 Å². The van der Waals surface area contributed by atoms with Gasteiger partial charge < -0.3 is 10.1 Å². The van der Waals surface area contributed by atoms with Gasteiger partial charge in [0.25, 0.3) is 5.91 Å². The number of thiazole rings is 1. The molecule has 0 unspecified atom stereocenters. The fraction of sp³-hybridized carbons (Fsp3) is 0.105. The monoisotopic (exact) mass is 367 g/mol. The maximum absolute atomic E-state index is 12.3. The van der Waals surface area contributed by atoms with Gasteiger partial charge in [-0.25, -0.2) is 4.98 Å². The number of ether oxygens (including phenoxy) is 1. The number of anilines is 2. The molecule has 132 valence electrons. The quantitative estimate of drug-likeness (QED) is 0.698. The lowest BCUT2D eigenvalue weighted by Gasteiger charge is -2.12. The number of carbonyl (C=O) groups excluding carboxylic acids is 2. The van der Waals surface area contributed by atoms with Crippen molar-refractivity contribution in [1.82, 2.24) is 4.98 Å². The summed E-state index contributed by atoms with van der Waals surface area (Å²) in [5.41, 5.74) is 1.85. The number of hydrogen-bond acceptors (Lipinski definition) is 5. The Hall–Kier alpha value is -3.19. The molecule has 0 bridgehead atoms. The minimum atomic E-state index is -0.291. The summed E-state index contributed by atoms with van der Waals surface area (Å²) in [5.74, 6) is -0.0342.